The van der Waals surface area contributed by atoms with Crippen molar-refractivity contribution < 1.29 is 24.0 Å². The minimum Gasteiger partial charge on any atom is -0.475 e. The van der Waals surface area contributed by atoms with E-state index in [9.17, 15) is 14.7 Å². The third-order valence-electron chi connectivity index (χ3n) is 5.75. The summed E-state index contributed by atoms with van der Waals surface area (Å²) in [5.74, 6) is -1.24. The second kappa shape index (κ2) is 6.63. The highest BCUT2D eigenvalue weighted by molar-refractivity contribution is 6.23. The highest BCUT2D eigenvalue weighted by atomic mass is 16.5. The predicted molar refractivity (Wildman–Crippen MR) is 92.0 cm³/mol. The van der Waals surface area contributed by atoms with E-state index < -0.39 is 23.1 Å². The van der Waals surface area contributed by atoms with Gasteiger partial charge < -0.3 is 14.4 Å². The van der Waals surface area contributed by atoms with Gasteiger partial charge in [-0.05, 0) is 50.0 Å². The molecule has 7 heteroatoms. The number of aliphatic hydroxyl groups is 1. The SMILES string of the molecule is CCCCOc1noc2c1C(=O)[C@@]1(O)C(=O)C=CCC1[C@@H]2N1CCCC1. The van der Waals surface area contributed by atoms with E-state index >= 15 is 0 Å². The van der Waals surface area contributed by atoms with E-state index in [0.29, 0.717) is 18.8 Å². The topological polar surface area (TPSA) is 92.9 Å². The Kier molecular flexibility index (Phi) is 4.44. The molecule has 140 valence electrons. The zero-order valence-electron chi connectivity index (χ0n) is 14.9. The lowest BCUT2D eigenvalue weighted by Crippen LogP contribution is -2.60. The number of hydrogen-bond acceptors (Lipinski definition) is 7. The molecule has 26 heavy (non-hydrogen) atoms. The number of ketones is 2. The van der Waals surface area contributed by atoms with Crippen molar-refractivity contribution in [3.05, 3.63) is 23.5 Å². The first-order chi connectivity index (χ1) is 12.6. The van der Waals surface area contributed by atoms with Crippen LogP contribution in [0.15, 0.2) is 16.7 Å². The Balaban J connectivity index is 1.80. The van der Waals surface area contributed by atoms with Gasteiger partial charge in [0.25, 0.3) is 5.88 Å². The molecule has 7 nitrogen and oxygen atoms in total. The van der Waals surface area contributed by atoms with E-state index in [1.54, 1.807) is 6.08 Å². The Labute approximate surface area is 152 Å². The summed E-state index contributed by atoms with van der Waals surface area (Å²) in [7, 11) is 0. The highest BCUT2D eigenvalue weighted by Gasteiger charge is 2.61. The lowest BCUT2D eigenvalue weighted by Gasteiger charge is -2.44. The number of ether oxygens (including phenoxy) is 1. The van der Waals surface area contributed by atoms with E-state index in [1.165, 1.54) is 6.08 Å². The van der Waals surface area contributed by atoms with Crippen LogP contribution in [0.25, 0.3) is 0 Å². The van der Waals surface area contributed by atoms with Gasteiger partial charge in [0.05, 0.1) is 12.6 Å². The van der Waals surface area contributed by atoms with Crippen molar-refractivity contribution in [2.75, 3.05) is 19.7 Å². The van der Waals surface area contributed by atoms with Gasteiger partial charge in [-0.15, -0.1) is 0 Å². The second-order valence-corrected chi connectivity index (χ2v) is 7.32. The molecule has 3 aliphatic rings. The fourth-order valence-corrected chi connectivity index (χ4v) is 4.36. The number of carbonyl (C=O) groups excluding carboxylic acids is 2. The van der Waals surface area contributed by atoms with Crippen LogP contribution in [0.2, 0.25) is 0 Å². The normalized spacial score (nSPS) is 31.2. The molecule has 2 aliphatic carbocycles. The molecule has 4 rings (SSSR count). The largest absolute Gasteiger partial charge is 0.475 e. The monoisotopic (exact) mass is 360 g/mol. The molecule has 1 saturated heterocycles. The number of nitrogens with zero attached hydrogens (tertiary/aromatic N) is 2. The zero-order valence-corrected chi connectivity index (χ0v) is 14.9. The molecule has 1 N–H and O–H groups in total. The Hall–Kier alpha value is -1.99. The van der Waals surface area contributed by atoms with Crippen LogP contribution in [0.4, 0.5) is 0 Å². The fraction of sp³-hybridized carbons (Fsp3) is 0.632. The number of unbranched alkanes of at least 4 members (excludes halogenated alkanes) is 1. The van der Waals surface area contributed by atoms with Crippen LogP contribution in [0, 0.1) is 5.92 Å². The fourth-order valence-electron chi connectivity index (χ4n) is 4.36. The molecule has 0 amide bonds. The van der Waals surface area contributed by atoms with E-state index in [0.717, 1.165) is 38.8 Å². The Morgan fingerprint density at radius 3 is 2.88 bits per heavy atom. The maximum atomic E-state index is 13.2. The van der Waals surface area contributed by atoms with Crippen LogP contribution in [-0.2, 0) is 4.79 Å². The predicted octanol–water partition coefficient (Wildman–Crippen LogP) is 2.06. The van der Waals surface area contributed by atoms with Crippen LogP contribution in [0.5, 0.6) is 5.88 Å². The van der Waals surface area contributed by atoms with Gasteiger partial charge in [-0.1, -0.05) is 19.4 Å². The molecule has 0 aromatic carbocycles. The maximum Gasteiger partial charge on any atom is 0.265 e. The van der Waals surface area contributed by atoms with E-state index in [4.69, 9.17) is 9.26 Å². The van der Waals surface area contributed by atoms with Crippen molar-refractivity contribution in [3.8, 4) is 5.88 Å². The third-order valence-corrected chi connectivity index (χ3v) is 5.75. The van der Waals surface area contributed by atoms with Crippen molar-refractivity contribution in [2.45, 2.75) is 50.7 Å². The maximum absolute atomic E-state index is 13.2. The number of allylic oxidation sites excluding steroid dienone is 1. The van der Waals surface area contributed by atoms with Gasteiger partial charge in [0.1, 0.15) is 5.56 Å². The first-order valence-corrected chi connectivity index (χ1v) is 9.43. The van der Waals surface area contributed by atoms with Crippen LogP contribution in [0.3, 0.4) is 0 Å². The van der Waals surface area contributed by atoms with Crippen molar-refractivity contribution in [1.29, 1.82) is 0 Å². The standard InChI is InChI=1S/C19H24N2O5/c1-2-3-11-25-18-14-16(26-20-18)15(21-9-4-5-10-21)12-7-6-8-13(22)19(12,24)17(14)23/h6,8,12,15,24H,2-5,7,9-11H2,1H3/t12?,15-,19-/m0/s1. The lowest BCUT2D eigenvalue weighted by atomic mass is 9.65. The van der Waals surface area contributed by atoms with Gasteiger partial charge in [0.2, 0.25) is 5.78 Å². The zero-order chi connectivity index (χ0) is 18.3. The summed E-state index contributed by atoms with van der Waals surface area (Å²) in [5.41, 5.74) is -1.93. The second-order valence-electron chi connectivity index (χ2n) is 7.32. The smallest absolute Gasteiger partial charge is 0.265 e. The molecule has 1 aliphatic heterocycles. The molecule has 0 saturated carbocycles. The summed E-state index contributed by atoms with van der Waals surface area (Å²) in [4.78, 5) is 27.9. The quantitative estimate of drug-likeness (QED) is 0.634. The van der Waals surface area contributed by atoms with Gasteiger partial charge in [-0.2, -0.15) is 0 Å². The molecular weight excluding hydrogens is 336 g/mol. The third kappa shape index (κ3) is 2.45. The van der Waals surface area contributed by atoms with Crippen LogP contribution in [-0.4, -0.2) is 52.0 Å². The number of aromatic nitrogens is 1. The van der Waals surface area contributed by atoms with Gasteiger partial charge in [0.15, 0.2) is 17.1 Å². The molecule has 1 unspecified atom stereocenters. The number of rotatable bonds is 5. The Morgan fingerprint density at radius 2 is 2.15 bits per heavy atom. The molecule has 0 spiro atoms. The number of Topliss-reactive ketones (excluding diaryl/α,β-unsaturated/α-hetero) is 1. The number of likely N-dealkylation sites (tertiary alicyclic amines) is 1. The minimum absolute atomic E-state index is 0.0943. The molecule has 1 aromatic rings. The van der Waals surface area contributed by atoms with Crippen molar-refractivity contribution >= 4 is 11.6 Å². The van der Waals surface area contributed by atoms with E-state index in [1.807, 2.05) is 6.92 Å². The molecule has 0 radical (unpaired) electrons. The molecule has 0 bridgehead atoms. The average molecular weight is 360 g/mol. The molecule has 2 heterocycles. The van der Waals surface area contributed by atoms with Crippen molar-refractivity contribution in [3.63, 3.8) is 0 Å². The van der Waals surface area contributed by atoms with Gasteiger partial charge in [-0.25, -0.2) is 0 Å². The van der Waals surface area contributed by atoms with Gasteiger partial charge >= 0.3 is 0 Å². The van der Waals surface area contributed by atoms with E-state index in [2.05, 4.69) is 10.1 Å². The Morgan fingerprint density at radius 1 is 1.38 bits per heavy atom. The van der Waals surface area contributed by atoms with E-state index in [-0.39, 0.29) is 17.5 Å². The minimum atomic E-state index is -2.07. The average Bonchev–Trinajstić information content (AvgIpc) is 3.29. The van der Waals surface area contributed by atoms with Crippen LogP contribution in [0.1, 0.15) is 61.2 Å². The molecule has 3 atom stereocenters. The summed E-state index contributed by atoms with van der Waals surface area (Å²) in [6.07, 6.45) is 7.34. The van der Waals surface area contributed by atoms with Gasteiger partial charge in [-0.3, -0.25) is 14.5 Å². The summed E-state index contributed by atoms with van der Waals surface area (Å²) in [5, 5.41) is 15.2. The van der Waals surface area contributed by atoms with Crippen molar-refractivity contribution in [1.82, 2.24) is 10.1 Å². The summed E-state index contributed by atoms with van der Waals surface area (Å²) >= 11 is 0. The number of hydrogen-bond donors (Lipinski definition) is 1. The van der Waals surface area contributed by atoms with Crippen molar-refractivity contribution in [2.24, 2.45) is 5.92 Å². The summed E-state index contributed by atoms with van der Waals surface area (Å²) in [6.45, 7) is 4.13. The molecular formula is C19H24N2O5. The Bertz CT molecular complexity index is 749. The number of fused-ring (bicyclic) bond motifs is 2. The van der Waals surface area contributed by atoms with Crippen LogP contribution >= 0.6 is 0 Å². The summed E-state index contributed by atoms with van der Waals surface area (Å²) < 4.78 is 11.2. The molecule has 1 aromatic heterocycles. The first kappa shape index (κ1) is 17.4. The number of carbonyl (C=O) groups is 2. The van der Waals surface area contributed by atoms with Gasteiger partial charge in [0, 0.05) is 5.92 Å². The summed E-state index contributed by atoms with van der Waals surface area (Å²) in [6, 6.07) is -0.347. The highest BCUT2D eigenvalue weighted by Crippen LogP contribution is 2.50. The lowest BCUT2D eigenvalue weighted by molar-refractivity contribution is -0.137. The molecule has 1 fully saturated rings. The van der Waals surface area contributed by atoms with Crippen LogP contribution < -0.4 is 4.74 Å². The first-order valence-electron chi connectivity index (χ1n) is 9.43.